The van der Waals surface area contributed by atoms with Gasteiger partial charge >= 0.3 is 0 Å². The molecule has 0 radical (unpaired) electrons. The summed E-state index contributed by atoms with van der Waals surface area (Å²) >= 11 is 0. The maximum absolute atomic E-state index is 5.92. The highest BCUT2D eigenvalue weighted by Gasteiger charge is 2.20. The molecule has 0 aliphatic carbocycles. The van der Waals surface area contributed by atoms with Crippen molar-refractivity contribution in [2.45, 2.75) is 211 Å². The van der Waals surface area contributed by atoms with Crippen molar-refractivity contribution < 1.29 is 13.9 Å². The van der Waals surface area contributed by atoms with Gasteiger partial charge in [-0.15, -0.1) is 0 Å². The Kier molecular flexibility index (Phi) is 30.9. The van der Waals surface area contributed by atoms with Crippen molar-refractivity contribution in [2.24, 2.45) is 0 Å². The molecule has 0 rings (SSSR count). The molecule has 0 fully saturated rings. The fourth-order valence-corrected chi connectivity index (χ4v) is 14.7. The first-order valence-electron chi connectivity index (χ1n) is 19.0. The van der Waals surface area contributed by atoms with E-state index in [1.54, 1.807) is 24.2 Å². The fourth-order valence-electron chi connectivity index (χ4n) is 6.22. The summed E-state index contributed by atoms with van der Waals surface area (Å²) in [5, 5.41) is 0. The highest BCUT2D eigenvalue weighted by molar-refractivity contribution is 6.77. The van der Waals surface area contributed by atoms with Crippen molar-refractivity contribution in [1.29, 1.82) is 0 Å². The van der Waals surface area contributed by atoms with Gasteiger partial charge in [-0.3, -0.25) is 0 Å². The van der Waals surface area contributed by atoms with Gasteiger partial charge in [0.2, 0.25) is 0 Å². The summed E-state index contributed by atoms with van der Waals surface area (Å²) in [7, 11) is -2.80. The van der Waals surface area contributed by atoms with Crippen LogP contribution in [0.25, 0.3) is 0 Å². The third-order valence-corrected chi connectivity index (χ3v) is 20.4. The highest BCUT2D eigenvalue weighted by Crippen LogP contribution is 2.25. The van der Waals surface area contributed by atoms with Crippen LogP contribution < -0.4 is 0 Å². The van der Waals surface area contributed by atoms with E-state index in [-0.39, 0.29) is 9.76 Å². The van der Waals surface area contributed by atoms with Crippen LogP contribution in [0.15, 0.2) is 0 Å². The van der Waals surface area contributed by atoms with Gasteiger partial charge in [0.05, 0.1) is 13.2 Å². The number of hydrogen-bond acceptors (Lipinski definition) is 3. The first-order chi connectivity index (χ1) is 20.2. The molecule has 42 heavy (non-hydrogen) atoms. The minimum absolute atomic E-state index is 0.167. The Morgan fingerprint density at radius 1 is 0.452 bits per heavy atom. The molecule has 0 N–H and O–H groups in total. The van der Waals surface area contributed by atoms with Crippen molar-refractivity contribution in [3.63, 3.8) is 0 Å². The molecular weight excluding hydrogens is 581 g/mol. The zero-order chi connectivity index (χ0) is 31.2. The quantitative estimate of drug-likeness (QED) is 0.0297. The van der Waals surface area contributed by atoms with Crippen LogP contribution in [0.4, 0.5) is 0 Å². The van der Waals surface area contributed by atoms with E-state index in [1.165, 1.54) is 134 Å². The summed E-state index contributed by atoms with van der Waals surface area (Å²) in [6.45, 7) is 18.6. The second-order valence-electron chi connectivity index (χ2n) is 15.3. The monoisotopic (exact) mass is 661 g/mol. The fraction of sp³-hybridized carbons (Fsp3) is 1.00. The average Bonchev–Trinajstić information content (AvgIpc) is 2.93. The molecule has 0 unspecified atom stereocenters. The number of unbranched alkanes of at least 4 members (excludes halogenated alkanes) is 18. The summed E-state index contributed by atoms with van der Waals surface area (Å²) in [5.41, 5.74) is 0. The lowest BCUT2D eigenvalue weighted by Gasteiger charge is -2.23. The Labute approximate surface area is 272 Å². The smallest absolute Gasteiger partial charge is 0.156 e. The molecule has 0 atom stereocenters. The van der Waals surface area contributed by atoms with Gasteiger partial charge in [-0.2, -0.15) is 0 Å². The van der Waals surface area contributed by atoms with Crippen LogP contribution in [-0.4, -0.2) is 48.2 Å². The van der Waals surface area contributed by atoms with Crippen LogP contribution >= 0.6 is 0 Å². The molecule has 0 amide bonds. The predicted molar refractivity (Wildman–Crippen MR) is 202 cm³/mol. The molecule has 0 heterocycles. The summed E-state index contributed by atoms with van der Waals surface area (Å²) in [6.07, 6.45) is 30.2. The van der Waals surface area contributed by atoms with Gasteiger partial charge in [-0.1, -0.05) is 179 Å². The van der Waals surface area contributed by atoms with E-state index in [1.807, 2.05) is 6.92 Å². The standard InChI is InChI=1S/C35H80O3Si4/c1-8-36-37-30-24-18-12-10-9-11-14-20-26-32-41(4,5)34-28-22-16-17-23-29-35-42(6,7)33-27-21-15-13-19-25-31-39-38-40(2)3/h40H,8-35,39H2,1-7H3. The van der Waals surface area contributed by atoms with Gasteiger partial charge in [-0.25, -0.2) is 9.78 Å². The molecular formula is C35H80O3Si4. The number of rotatable bonds is 34. The van der Waals surface area contributed by atoms with Crippen LogP contribution in [-0.2, 0) is 13.9 Å². The Morgan fingerprint density at radius 3 is 1.14 bits per heavy atom. The van der Waals surface area contributed by atoms with E-state index < -0.39 is 25.2 Å². The Balaban J connectivity index is 3.48. The Morgan fingerprint density at radius 2 is 0.786 bits per heavy atom. The summed E-state index contributed by atoms with van der Waals surface area (Å²) in [4.78, 5) is 10.00. The van der Waals surface area contributed by atoms with Crippen LogP contribution in [0.1, 0.15) is 142 Å². The lowest BCUT2D eigenvalue weighted by molar-refractivity contribution is -0.291. The zero-order valence-corrected chi connectivity index (χ0v) is 34.9. The molecule has 0 saturated heterocycles. The largest absolute Gasteiger partial charge is 0.463 e. The van der Waals surface area contributed by atoms with Gasteiger partial charge in [0.25, 0.3) is 0 Å². The Bertz CT molecular complexity index is 546. The normalized spacial score (nSPS) is 12.9. The lowest BCUT2D eigenvalue weighted by atomic mass is 10.1. The van der Waals surface area contributed by atoms with E-state index in [2.05, 4.69) is 39.3 Å². The molecule has 3 nitrogen and oxygen atoms in total. The highest BCUT2D eigenvalue weighted by atomic mass is 28.3. The Hall–Kier alpha value is 0.748. The third kappa shape index (κ3) is 33.6. The van der Waals surface area contributed by atoms with E-state index in [0.29, 0.717) is 6.61 Å². The van der Waals surface area contributed by atoms with E-state index in [0.717, 1.165) is 13.0 Å². The van der Waals surface area contributed by atoms with E-state index >= 15 is 0 Å². The van der Waals surface area contributed by atoms with Crippen LogP contribution in [0, 0.1) is 0 Å². The van der Waals surface area contributed by atoms with E-state index in [9.17, 15) is 0 Å². The van der Waals surface area contributed by atoms with Gasteiger partial charge in [0.1, 0.15) is 9.76 Å². The second kappa shape index (κ2) is 30.4. The van der Waals surface area contributed by atoms with Crippen molar-refractivity contribution in [3.05, 3.63) is 0 Å². The molecule has 0 bridgehead atoms. The minimum atomic E-state index is -0.956. The molecule has 0 aromatic heterocycles. The van der Waals surface area contributed by atoms with Crippen molar-refractivity contribution in [3.8, 4) is 0 Å². The molecule has 0 aliphatic heterocycles. The molecule has 7 heteroatoms. The minimum Gasteiger partial charge on any atom is -0.463 e. The van der Waals surface area contributed by atoms with Crippen molar-refractivity contribution in [2.75, 3.05) is 13.2 Å². The van der Waals surface area contributed by atoms with E-state index in [4.69, 9.17) is 13.9 Å². The van der Waals surface area contributed by atoms with Crippen LogP contribution in [0.5, 0.6) is 0 Å². The molecule has 0 aromatic rings. The van der Waals surface area contributed by atoms with Crippen molar-refractivity contribution in [1.82, 2.24) is 0 Å². The number of hydrogen-bond donors (Lipinski definition) is 0. The predicted octanol–water partition coefficient (Wildman–Crippen LogP) is 12.1. The summed E-state index contributed by atoms with van der Waals surface area (Å²) in [6, 6.07) is 7.68. The maximum Gasteiger partial charge on any atom is 0.156 e. The summed E-state index contributed by atoms with van der Waals surface area (Å²) < 4.78 is 5.92. The average molecular weight is 661 g/mol. The van der Waals surface area contributed by atoms with Gasteiger partial charge in [-0.05, 0) is 32.5 Å². The molecule has 0 spiro atoms. The van der Waals surface area contributed by atoms with Gasteiger partial charge in [0.15, 0.2) is 9.04 Å². The van der Waals surface area contributed by atoms with Crippen LogP contribution in [0.3, 0.4) is 0 Å². The lowest BCUT2D eigenvalue weighted by Crippen LogP contribution is -2.24. The molecule has 0 aromatic carbocycles. The first-order valence-corrected chi connectivity index (χ1v) is 30.2. The summed E-state index contributed by atoms with van der Waals surface area (Å²) in [5.74, 6) is 0. The van der Waals surface area contributed by atoms with Crippen LogP contribution in [0.2, 0.25) is 69.5 Å². The molecule has 0 aliphatic rings. The molecule has 254 valence electrons. The first kappa shape index (κ1) is 42.7. The van der Waals surface area contributed by atoms with Gasteiger partial charge in [0, 0.05) is 16.1 Å². The maximum atomic E-state index is 5.92. The topological polar surface area (TPSA) is 27.7 Å². The zero-order valence-electron chi connectivity index (χ0n) is 30.3. The van der Waals surface area contributed by atoms with Gasteiger partial charge < -0.3 is 4.12 Å². The van der Waals surface area contributed by atoms with Crippen molar-refractivity contribution >= 4 is 35.0 Å². The SMILES string of the molecule is CCOOCCCCCCCCCCC[Si](C)(C)CCCCCCCC[Si](C)(C)CCCCCCCC[SiH2]O[SiH](C)C. The molecule has 0 saturated carbocycles. The second-order valence-corrected chi connectivity index (χ2v) is 30.5. The third-order valence-electron chi connectivity index (χ3n) is 9.19.